The Hall–Kier alpha value is -2.51. The maximum Gasteiger partial charge on any atom is 0.309 e. The van der Waals surface area contributed by atoms with Gasteiger partial charge in [-0.3, -0.25) is 9.59 Å². The number of cyclic esters (lactones) is 1. The van der Waals surface area contributed by atoms with E-state index in [4.69, 9.17) is 4.74 Å². The molecule has 7 heteroatoms. The first-order chi connectivity index (χ1) is 16.4. The largest absolute Gasteiger partial charge is 0.457 e. The molecule has 1 aromatic heterocycles. The summed E-state index contributed by atoms with van der Waals surface area (Å²) in [5.41, 5.74) is 2.54. The number of aliphatic hydroxyl groups excluding tert-OH is 2. The van der Waals surface area contributed by atoms with Gasteiger partial charge < -0.3 is 19.9 Å². The van der Waals surface area contributed by atoms with E-state index in [9.17, 15) is 19.8 Å². The van der Waals surface area contributed by atoms with Gasteiger partial charge in [-0.05, 0) is 56.7 Å². The van der Waals surface area contributed by atoms with Crippen molar-refractivity contribution in [2.45, 2.75) is 92.0 Å². The number of rotatable bonds is 1. The quantitative estimate of drug-likeness (QED) is 0.390. The van der Waals surface area contributed by atoms with E-state index in [2.05, 4.69) is 23.0 Å². The lowest BCUT2D eigenvalue weighted by molar-refractivity contribution is -0.155. The Bertz CT molecular complexity index is 1090. The number of Topliss-reactive ketones (excluding diaryl/α,β-unsaturated/α-hetero) is 1. The molecule has 0 bridgehead atoms. The highest BCUT2D eigenvalue weighted by atomic mass is 16.5. The van der Waals surface area contributed by atoms with Crippen LogP contribution < -0.4 is 0 Å². The summed E-state index contributed by atoms with van der Waals surface area (Å²) in [6.07, 6.45) is 2.29. The van der Waals surface area contributed by atoms with Crippen LogP contribution in [0, 0.1) is 24.2 Å². The number of fused-ring (bicyclic) bond motifs is 1. The number of imidazole rings is 1. The number of esters is 1. The summed E-state index contributed by atoms with van der Waals surface area (Å²) in [6, 6.07) is 5.77. The number of aliphatic hydroxyl groups is 2. The minimum atomic E-state index is -1.23. The molecule has 2 heterocycles. The number of aromatic amines is 1. The van der Waals surface area contributed by atoms with Gasteiger partial charge >= 0.3 is 5.97 Å². The van der Waals surface area contributed by atoms with Gasteiger partial charge in [-0.15, -0.1) is 0 Å². The van der Waals surface area contributed by atoms with E-state index in [1.165, 1.54) is 5.57 Å². The van der Waals surface area contributed by atoms with Crippen LogP contribution in [0.4, 0.5) is 0 Å². The van der Waals surface area contributed by atoms with E-state index in [-0.39, 0.29) is 18.1 Å². The third-order valence-electron chi connectivity index (χ3n) is 7.52. The lowest BCUT2D eigenvalue weighted by Crippen LogP contribution is -2.45. The Morgan fingerprint density at radius 2 is 1.86 bits per heavy atom. The van der Waals surface area contributed by atoms with Crippen molar-refractivity contribution in [3.05, 3.63) is 41.2 Å². The molecule has 3 rings (SSSR count). The van der Waals surface area contributed by atoms with Crippen LogP contribution in [-0.4, -0.2) is 44.1 Å². The normalized spacial score (nSPS) is 31.1. The fourth-order valence-electron chi connectivity index (χ4n) is 4.91. The number of aryl methyl sites for hydroxylation is 1. The molecule has 1 aliphatic rings. The maximum atomic E-state index is 13.2. The molecule has 0 spiro atoms. The minimum absolute atomic E-state index is 0.0510. The van der Waals surface area contributed by atoms with Crippen LogP contribution >= 0.6 is 0 Å². The summed E-state index contributed by atoms with van der Waals surface area (Å²) in [5.74, 6) is -0.704. The molecule has 1 aromatic carbocycles. The number of carbonyl (C=O) groups is 2. The van der Waals surface area contributed by atoms with Crippen LogP contribution in [0.3, 0.4) is 0 Å². The third kappa shape index (κ3) is 6.39. The second kappa shape index (κ2) is 11.0. The molecular formula is C28H40N2O5. The highest BCUT2D eigenvalue weighted by Crippen LogP contribution is 2.33. The Balaban J connectivity index is 1.91. The molecule has 0 fully saturated rings. The van der Waals surface area contributed by atoms with Crippen molar-refractivity contribution in [3.63, 3.8) is 0 Å². The number of ketones is 1. The lowest BCUT2D eigenvalue weighted by Gasteiger charge is -2.34. The first-order valence-electron chi connectivity index (χ1n) is 12.6. The van der Waals surface area contributed by atoms with E-state index in [1.807, 2.05) is 32.0 Å². The van der Waals surface area contributed by atoms with Gasteiger partial charge in [-0.2, -0.15) is 0 Å². The molecule has 0 saturated carbocycles. The van der Waals surface area contributed by atoms with Crippen LogP contribution in [0.25, 0.3) is 11.0 Å². The van der Waals surface area contributed by atoms with Gasteiger partial charge in [0.2, 0.25) is 0 Å². The number of hydrogen-bond donors (Lipinski definition) is 3. The fourth-order valence-corrected chi connectivity index (χ4v) is 4.91. The molecule has 0 aliphatic carbocycles. The zero-order valence-electron chi connectivity index (χ0n) is 21.8. The SMILES string of the molecule is C/C1=C/C[C@@H](c2ccc3nc(C)[nH]c3c2)OC(=O)CC(O)C(C)(C)C(=O)C(C)[C@@H](O)C(C)CCC1. The van der Waals surface area contributed by atoms with Gasteiger partial charge in [0.25, 0.3) is 0 Å². The fraction of sp³-hybridized carbons (Fsp3) is 0.607. The van der Waals surface area contributed by atoms with Crippen LogP contribution in [-0.2, 0) is 14.3 Å². The van der Waals surface area contributed by atoms with E-state index < -0.39 is 35.6 Å². The number of nitrogens with one attached hydrogen (secondary N) is 1. The first kappa shape index (κ1) is 27.1. The Kier molecular flexibility index (Phi) is 8.54. The summed E-state index contributed by atoms with van der Waals surface area (Å²) in [7, 11) is 0. The maximum absolute atomic E-state index is 13.2. The summed E-state index contributed by atoms with van der Waals surface area (Å²) in [4.78, 5) is 33.8. The topological polar surface area (TPSA) is 113 Å². The van der Waals surface area contributed by atoms with Crippen molar-refractivity contribution in [2.24, 2.45) is 17.3 Å². The number of nitrogens with zero attached hydrogens (tertiary/aromatic N) is 1. The van der Waals surface area contributed by atoms with Crippen LogP contribution in [0.2, 0.25) is 0 Å². The second-order valence-electron chi connectivity index (χ2n) is 10.8. The summed E-state index contributed by atoms with van der Waals surface area (Å²) in [5, 5.41) is 21.7. The van der Waals surface area contributed by atoms with Crippen molar-refractivity contribution in [2.75, 3.05) is 0 Å². The number of benzene rings is 1. The zero-order chi connectivity index (χ0) is 25.9. The molecule has 0 saturated heterocycles. The molecule has 5 atom stereocenters. The minimum Gasteiger partial charge on any atom is -0.457 e. The predicted molar refractivity (Wildman–Crippen MR) is 136 cm³/mol. The van der Waals surface area contributed by atoms with Crippen LogP contribution in [0.15, 0.2) is 29.8 Å². The van der Waals surface area contributed by atoms with Crippen LogP contribution in [0.1, 0.15) is 84.2 Å². The van der Waals surface area contributed by atoms with Crippen LogP contribution in [0.5, 0.6) is 0 Å². The standard InChI is InChI=1S/C28H40N2O5/c1-16-8-7-9-17(2)26(33)18(3)27(34)28(5,6)24(31)15-25(32)35-23(13-10-16)20-11-12-21-22(14-20)30-19(4)29-21/h10-12,14,17-18,23-24,26,31,33H,7-9,13,15H2,1-6H3,(H,29,30)/b16-10-/t17?,18?,23-,24?,26-/m0/s1. The first-order valence-corrected chi connectivity index (χ1v) is 12.6. The number of H-pyrrole nitrogens is 1. The average molecular weight is 485 g/mol. The Morgan fingerprint density at radius 3 is 2.57 bits per heavy atom. The molecule has 35 heavy (non-hydrogen) atoms. The van der Waals surface area contributed by atoms with Crippen molar-refractivity contribution in [1.82, 2.24) is 9.97 Å². The Labute approximate surface area is 208 Å². The highest BCUT2D eigenvalue weighted by molar-refractivity contribution is 5.88. The summed E-state index contributed by atoms with van der Waals surface area (Å²) < 4.78 is 5.87. The van der Waals surface area contributed by atoms with E-state index >= 15 is 0 Å². The molecule has 7 nitrogen and oxygen atoms in total. The second-order valence-corrected chi connectivity index (χ2v) is 10.8. The predicted octanol–water partition coefficient (Wildman–Crippen LogP) is 4.96. The molecule has 3 N–H and O–H groups in total. The molecule has 1 aliphatic heterocycles. The monoisotopic (exact) mass is 484 g/mol. The number of aromatic nitrogens is 2. The third-order valence-corrected chi connectivity index (χ3v) is 7.52. The smallest absolute Gasteiger partial charge is 0.309 e. The molecule has 0 radical (unpaired) electrons. The highest BCUT2D eigenvalue weighted by Gasteiger charge is 2.42. The molecular weight excluding hydrogens is 444 g/mol. The summed E-state index contributed by atoms with van der Waals surface area (Å²) >= 11 is 0. The molecule has 3 unspecified atom stereocenters. The van der Waals surface area contributed by atoms with Gasteiger partial charge in [0.1, 0.15) is 17.7 Å². The van der Waals surface area contributed by atoms with E-state index in [0.29, 0.717) is 6.42 Å². The molecule has 0 amide bonds. The van der Waals surface area contributed by atoms with Gasteiger partial charge in [0.15, 0.2) is 0 Å². The number of hydrogen-bond acceptors (Lipinski definition) is 6. The Morgan fingerprint density at radius 1 is 1.14 bits per heavy atom. The van der Waals surface area contributed by atoms with Crippen molar-refractivity contribution >= 4 is 22.8 Å². The van der Waals surface area contributed by atoms with Gasteiger partial charge in [-0.25, -0.2) is 4.98 Å². The average Bonchev–Trinajstić information content (AvgIpc) is 3.18. The van der Waals surface area contributed by atoms with E-state index in [1.54, 1.807) is 20.8 Å². The van der Waals surface area contributed by atoms with Gasteiger partial charge in [0, 0.05) is 12.3 Å². The zero-order valence-corrected chi connectivity index (χ0v) is 21.8. The number of ether oxygens (including phenoxy) is 1. The molecule has 2 aromatic rings. The van der Waals surface area contributed by atoms with Crippen molar-refractivity contribution in [1.29, 1.82) is 0 Å². The van der Waals surface area contributed by atoms with Crippen molar-refractivity contribution < 1.29 is 24.5 Å². The molecule has 192 valence electrons. The van der Waals surface area contributed by atoms with E-state index in [0.717, 1.165) is 41.7 Å². The van der Waals surface area contributed by atoms with Gasteiger partial charge in [0.05, 0.1) is 35.1 Å². The van der Waals surface area contributed by atoms with Gasteiger partial charge in [-0.1, -0.05) is 45.4 Å². The van der Waals surface area contributed by atoms with Crippen molar-refractivity contribution in [3.8, 4) is 0 Å². The summed E-state index contributed by atoms with van der Waals surface area (Å²) in [6.45, 7) is 10.9. The number of allylic oxidation sites excluding steroid dienone is 1. The lowest BCUT2D eigenvalue weighted by atomic mass is 9.73. The number of carbonyl (C=O) groups excluding carboxylic acids is 2.